The Morgan fingerprint density at radius 2 is 1.73 bits per heavy atom. The zero-order valence-electron chi connectivity index (χ0n) is 14.4. The third-order valence-corrected chi connectivity index (χ3v) is 3.76. The van der Waals surface area contributed by atoms with Gasteiger partial charge in [0.05, 0.1) is 5.56 Å². The van der Waals surface area contributed by atoms with E-state index in [4.69, 9.17) is 0 Å². The van der Waals surface area contributed by atoms with E-state index in [9.17, 15) is 22.8 Å². The lowest BCUT2D eigenvalue weighted by Gasteiger charge is -2.22. The van der Waals surface area contributed by atoms with Gasteiger partial charge in [0.2, 0.25) is 11.8 Å². The van der Waals surface area contributed by atoms with Crippen molar-refractivity contribution in [3.63, 3.8) is 0 Å². The molecule has 0 atom stereocenters. The van der Waals surface area contributed by atoms with Gasteiger partial charge in [-0.05, 0) is 37.3 Å². The van der Waals surface area contributed by atoms with Gasteiger partial charge < -0.3 is 10.2 Å². The molecule has 0 radical (unpaired) electrons. The molecule has 0 heterocycles. The molecule has 0 spiro atoms. The van der Waals surface area contributed by atoms with Crippen LogP contribution in [0, 0.1) is 6.92 Å². The van der Waals surface area contributed by atoms with Crippen LogP contribution in [-0.2, 0) is 15.8 Å². The number of nitrogens with zero attached hydrogens (tertiary/aromatic N) is 1. The minimum Gasteiger partial charge on any atom is -0.326 e. The van der Waals surface area contributed by atoms with Crippen molar-refractivity contribution in [2.75, 3.05) is 16.8 Å². The van der Waals surface area contributed by atoms with Crippen molar-refractivity contribution in [2.24, 2.45) is 0 Å². The summed E-state index contributed by atoms with van der Waals surface area (Å²) < 4.78 is 38.5. The molecular formula is C19H19F3N2O2. The molecule has 26 heavy (non-hydrogen) atoms. The largest absolute Gasteiger partial charge is 0.416 e. The number of hydrogen-bond acceptors (Lipinski definition) is 2. The van der Waals surface area contributed by atoms with Crippen LogP contribution < -0.4 is 10.2 Å². The number of carbonyl (C=O) groups is 2. The second kappa shape index (κ2) is 8.03. The van der Waals surface area contributed by atoms with Gasteiger partial charge in [-0.1, -0.05) is 23.8 Å². The number of rotatable bonds is 5. The van der Waals surface area contributed by atoms with Crippen LogP contribution in [-0.4, -0.2) is 18.4 Å². The Balaban J connectivity index is 2.05. The number of anilines is 2. The second-order valence-corrected chi connectivity index (χ2v) is 5.88. The molecule has 0 fully saturated rings. The zero-order chi connectivity index (χ0) is 19.3. The lowest BCUT2D eigenvalue weighted by molar-refractivity contribution is -0.137. The van der Waals surface area contributed by atoms with Crippen LogP contribution in [0.15, 0.2) is 48.5 Å². The quantitative estimate of drug-likeness (QED) is 0.855. The monoisotopic (exact) mass is 364 g/mol. The fourth-order valence-electron chi connectivity index (χ4n) is 2.39. The summed E-state index contributed by atoms with van der Waals surface area (Å²) >= 11 is 0. The van der Waals surface area contributed by atoms with Gasteiger partial charge in [0.25, 0.3) is 0 Å². The Morgan fingerprint density at radius 3 is 2.31 bits per heavy atom. The van der Waals surface area contributed by atoms with E-state index in [1.807, 2.05) is 19.1 Å². The third-order valence-electron chi connectivity index (χ3n) is 3.76. The highest BCUT2D eigenvalue weighted by atomic mass is 19.4. The zero-order valence-corrected chi connectivity index (χ0v) is 14.4. The van der Waals surface area contributed by atoms with Crippen LogP contribution in [0.1, 0.15) is 24.5 Å². The standard InChI is InChI=1S/C19H19F3N2O2/c1-13-6-8-16(9-7-13)23-18(26)10-11-24(14(2)25)17-5-3-4-15(12-17)19(20,21)22/h3-9,12H,10-11H2,1-2H3,(H,23,26). The molecule has 0 unspecified atom stereocenters. The molecule has 2 amide bonds. The lowest BCUT2D eigenvalue weighted by Crippen LogP contribution is -2.32. The Bertz CT molecular complexity index is 786. The number of hydrogen-bond donors (Lipinski definition) is 1. The smallest absolute Gasteiger partial charge is 0.326 e. The number of nitrogens with one attached hydrogen (secondary N) is 1. The highest BCUT2D eigenvalue weighted by Gasteiger charge is 2.31. The first-order chi connectivity index (χ1) is 12.2. The minimum absolute atomic E-state index is 0.0195. The normalized spacial score (nSPS) is 11.1. The molecule has 7 heteroatoms. The van der Waals surface area contributed by atoms with E-state index in [-0.39, 0.29) is 24.6 Å². The minimum atomic E-state index is -4.50. The Labute approximate surface area is 149 Å². The Morgan fingerprint density at radius 1 is 1.08 bits per heavy atom. The molecule has 0 saturated carbocycles. The molecule has 138 valence electrons. The predicted molar refractivity (Wildman–Crippen MR) is 93.9 cm³/mol. The fourth-order valence-corrected chi connectivity index (χ4v) is 2.39. The topological polar surface area (TPSA) is 49.4 Å². The van der Waals surface area contributed by atoms with E-state index in [2.05, 4.69) is 5.32 Å². The number of alkyl halides is 3. The molecule has 1 N–H and O–H groups in total. The first-order valence-corrected chi connectivity index (χ1v) is 7.98. The van der Waals surface area contributed by atoms with Gasteiger partial charge in [-0.25, -0.2) is 0 Å². The van der Waals surface area contributed by atoms with Crippen molar-refractivity contribution in [3.05, 3.63) is 59.7 Å². The van der Waals surface area contributed by atoms with Crippen LogP contribution in [0.2, 0.25) is 0 Å². The summed E-state index contributed by atoms with van der Waals surface area (Å²) in [6.45, 7) is 3.15. The summed E-state index contributed by atoms with van der Waals surface area (Å²) in [6.07, 6.45) is -4.54. The van der Waals surface area contributed by atoms with Gasteiger partial charge in [0.15, 0.2) is 0 Å². The molecular weight excluding hydrogens is 345 g/mol. The summed E-state index contributed by atoms with van der Waals surface area (Å²) in [7, 11) is 0. The first kappa shape index (κ1) is 19.5. The molecule has 4 nitrogen and oxygen atoms in total. The summed E-state index contributed by atoms with van der Waals surface area (Å²) in [6, 6.07) is 11.7. The van der Waals surface area contributed by atoms with Gasteiger partial charge >= 0.3 is 6.18 Å². The van der Waals surface area contributed by atoms with Gasteiger partial charge in [-0.15, -0.1) is 0 Å². The average molecular weight is 364 g/mol. The van der Waals surface area contributed by atoms with Crippen molar-refractivity contribution in [3.8, 4) is 0 Å². The molecule has 2 aromatic carbocycles. The summed E-state index contributed by atoms with van der Waals surface area (Å²) in [5.74, 6) is -0.764. The number of halogens is 3. The third kappa shape index (κ3) is 5.34. The predicted octanol–water partition coefficient (Wildman–Crippen LogP) is 4.40. The fraction of sp³-hybridized carbons (Fsp3) is 0.263. The van der Waals surface area contributed by atoms with Gasteiger partial charge in [-0.3, -0.25) is 9.59 Å². The SMILES string of the molecule is CC(=O)N(CCC(=O)Nc1ccc(C)cc1)c1cccc(C(F)(F)F)c1. The number of amides is 2. The maximum atomic E-state index is 12.8. The number of aryl methyl sites for hydroxylation is 1. The van der Waals surface area contributed by atoms with E-state index in [1.165, 1.54) is 19.1 Å². The van der Waals surface area contributed by atoms with Crippen LogP contribution >= 0.6 is 0 Å². The molecule has 0 aliphatic heterocycles. The van der Waals surface area contributed by atoms with Crippen LogP contribution in [0.3, 0.4) is 0 Å². The van der Waals surface area contributed by atoms with Crippen molar-refractivity contribution in [1.29, 1.82) is 0 Å². The van der Waals surface area contributed by atoms with Crippen LogP contribution in [0.4, 0.5) is 24.5 Å². The van der Waals surface area contributed by atoms with E-state index in [1.54, 1.807) is 12.1 Å². The first-order valence-electron chi connectivity index (χ1n) is 7.98. The highest BCUT2D eigenvalue weighted by molar-refractivity contribution is 5.94. The Kier molecular flexibility index (Phi) is 6.02. The van der Waals surface area contributed by atoms with Crippen LogP contribution in [0.5, 0.6) is 0 Å². The average Bonchev–Trinajstić information content (AvgIpc) is 2.56. The lowest BCUT2D eigenvalue weighted by atomic mass is 10.1. The number of benzene rings is 2. The maximum absolute atomic E-state index is 12.8. The van der Waals surface area contributed by atoms with Crippen molar-refractivity contribution in [1.82, 2.24) is 0 Å². The van der Waals surface area contributed by atoms with Gasteiger partial charge in [-0.2, -0.15) is 13.2 Å². The molecule has 2 rings (SSSR count). The molecule has 0 aliphatic rings. The molecule has 0 bridgehead atoms. The van der Waals surface area contributed by atoms with E-state index in [0.717, 1.165) is 22.6 Å². The van der Waals surface area contributed by atoms with Gasteiger partial charge in [0.1, 0.15) is 0 Å². The van der Waals surface area contributed by atoms with Gasteiger partial charge in [0, 0.05) is 31.3 Å². The Hall–Kier alpha value is -2.83. The molecule has 0 aromatic heterocycles. The summed E-state index contributed by atoms with van der Waals surface area (Å²) in [5, 5.41) is 2.69. The second-order valence-electron chi connectivity index (χ2n) is 5.88. The number of carbonyl (C=O) groups excluding carboxylic acids is 2. The molecule has 0 saturated heterocycles. The maximum Gasteiger partial charge on any atom is 0.416 e. The van der Waals surface area contributed by atoms with Crippen molar-refractivity contribution in [2.45, 2.75) is 26.4 Å². The van der Waals surface area contributed by atoms with E-state index >= 15 is 0 Å². The van der Waals surface area contributed by atoms with E-state index < -0.39 is 17.6 Å². The summed E-state index contributed by atoms with van der Waals surface area (Å²) in [4.78, 5) is 25.0. The summed E-state index contributed by atoms with van der Waals surface area (Å²) in [5.41, 5.74) is 0.935. The van der Waals surface area contributed by atoms with E-state index in [0.29, 0.717) is 5.69 Å². The molecule has 2 aromatic rings. The van der Waals surface area contributed by atoms with Crippen LogP contribution in [0.25, 0.3) is 0 Å². The van der Waals surface area contributed by atoms with Crippen molar-refractivity contribution >= 4 is 23.2 Å². The molecule has 0 aliphatic carbocycles. The van der Waals surface area contributed by atoms with Crippen molar-refractivity contribution < 1.29 is 22.8 Å². The highest BCUT2D eigenvalue weighted by Crippen LogP contribution is 2.31.